The van der Waals surface area contributed by atoms with Gasteiger partial charge in [-0.15, -0.1) is 0 Å². The molecule has 0 spiro atoms. The molecule has 1 atom stereocenters. The van der Waals surface area contributed by atoms with Crippen molar-refractivity contribution in [2.75, 3.05) is 19.7 Å². The number of hydrogen-bond acceptors (Lipinski definition) is 6. The fraction of sp³-hybridized carbons (Fsp3) is 0.385. The number of hydrogen-bond donors (Lipinski definition) is 3. The fourth-order valence-electron chi connectivity index (χ4n) is 1.56. The van der Waals surface area contributed by atoms with E-state index in [1.807, 2.05) is 0 Å². The van der Waals surface area contributed by atoms with Crippen molar-refractivity contribution in [1.82, 2.24) is 10.0 Å². The Morgan fingerprint density at radius 3 is 2.45 bits per heavy atom. The van der Waals surface area contributed by atoms with Gasteiger partial charge in [-0.25, -0.2) is 8.42 Å². The number of amides is 1. The van der Waals surface area contributed by atoms with Gasteiger partial charge in [-0.05, 0) is 19.1 Å². The molecule has 1 aromatic carbocycles. The Morgan fingerprint density at radius 1 is 1.27 bits per heavy atom. The van der Waals surface area contributed by atoms with Crippen molar-refractivity contribution in [3.05, 3.63) is 30.3 Å². The number of sulfonamides is 1. The lowest BCUT2D eigenvalue weighted by atomic mass is 10.3. The highest BCUT2D eigenvalue weighted by atomic mass is 32.2. The molecular weight excluding hydrogens is 310 g/mol. The Kier molecular flexibility index (Phi) is 6.96. The number of benzene rings is 1. The van der Waals surface area contributed by atoms with Gasteiger partial charge in [0.05, 0.1) is 18.0 Å². The third kappa shape index (κ3) is 5.43. The minimum atomic E-state index is -3.91. The first-order valence-corrected chi connectivity index (χ1v) is 8.09. The largest absolute Gasteiger partial charge is 0.465 e. The van der Waals surface area contributed by atoms with E-state index in [0.29, 0.717) is 0 Å². The molecule has 0 heterocycles. The van der Waals surface area contributed by atoms with E-state index in [0.717, 1.165) is 0 Å². The lowest BCUT2D eigenvalue weighted by Gasteiger charge is -2.17. The van der Waals surface area contributed by atoms with Crippen molar-refractivity contribution in [2.24, 2.45) is 5.73 Å². The van der Waals surface area contributed by atoms with Gasteiger partial charge in [0.1, 0.15) is 6.04 Å². The number of ether oxygens (including phenoxy) is 1. The Hall–Kier alpha value is -1.97. The number of nitrogens with two attached hydrogens (primary N) is 1. The van der Waals surface area contributed by atoms with Crippen LogP contribution < -0.4 is 15.8 Å². The van der Waals surface area contributed by atoms with E-state index < -0.39 is 27.9 Å². The minimum Gasteiger partial charge on any atom is -0.465 e. The van der Waals surface area contributed by atoms with Gasteiger partial charge >= 0.3 is 5.97 Å². The molecule has 122 valence electrons. The Balaban J connectivity index is 2.87. The molecule has 0 radical (unpaired) electrons. The maximum atomic E-state index is 12.2. The first kappa shape index (κ1) is 18.1. The molecule has 0 saturated heterocycles. The zero-order valence-corrected chi connectivity index (χ0v) is 12.9. The molecule has 1 rings (SSSR count). The van der Waals surface area contributed by atoms with Gasteiger partial charge < -0.3 is 15.8 Å². The Morgan fingerprint density at radius 2 is 1.91 bits per heavy atom. The number of nitrogens with one attached hydrogen (secondary N) is 2. The van der Waals surface area contributed by atoms with Crippen LogP contribution in [0.25, 0.3) is 0 Å². The first-order valence-electron chi connectivity index (χ1n) is 6.61. The molecule has 0 fully saturated rings. The zero-order valence-electron chi connectivity index (χ0n) is 12.1. The van der Waals surface area contributed by atoms with E-state index in [4.69, 9.17) is 10.5 Å². The highest BCUT2D eigenvalue weighted by Gasteiger charge is 2.27. The highest BCUT2D eigenvalue weighted by molar-refractivity contribution is 7.89. The quantitative estimate of drug-likeness (QED) is 0.523. The van der Waals surface area contributed by atoms with Gasteiger partial charge in [-0.2, -0.15) is 4.72 Å². The summed E-state index contributed by atoms with van der Waals surface area (Å²) in [6, 6.07) is 6.34. The molecule has 8 nitrogen and oxygen atoms in total. The summed E-state index contributed by atoms with van der Waals surface area (Å²) in [6.45, 7) is 1.17. The average Bonchev–Trinajstić information content (AvgIpc) is 2.52. The summed E-state index contributed by atoms with van der Waals surface area (Å²) in [4.78, 5) is 23.0. The van der Waals surface area contributed by atoms with Crippen molar-refractivity contribution in [2.45, 2.75) is 17.9 Å². The average molecular weight is 329 g/mol. The lowest BCUT2D eigenvalue weighted by molar-refractivity contribution is -0.145. The molecule has 4 N–H and O–H groups in total. The smallest absolute Gasteiger partial charge is 0.326 e. The topological polar surface area (TPSA) is 128 Å². The van der Waals surface area contributed by atoms with Crippen LogP contribution >= 0.6 is 0 Å². The van der Waals surface area contributed by atoms with Crippen molar-refractivity contribution >= 4 is 21.9 Å². The van der Waals surface area contributed by atoms with E-state index >= 15 is 0 Å². The maximum absolute atomic E-state index is 12.2. The number of carbonyl (C=O) groups is 2. The third-order valence-corrected chi connectivity index (χ3v) is 4.10. The summed E-state index contributed by atoms with van der Waals surface area (Å²) in [5.74, 6) is -1.28. The van der Waals surface area contributed by atoms with Crippen LogP contribution in [0.3, 0.4) is 0 Å². The van der Waals surface area contributed by atoms with Gasteiger partial charge in [-0.1, -0.05) is 18.2 Å². The molecule has 0 aliphatic rings. The van der Waals surface area contributed by atoms with Gasteiger partial charge in [0.15, 0.2) is 0 Å². The SMILES string of the molecule is CCOC(=O)[C@H](CNC(=O)CN)NS(=O)(=O)c1ccccc1. The molecule has 22 heavy (non-hydrogen) atoms. The summed E-state index contributed by atoms with van der Waals surface area (Å²) in [7, 11) is -3.91. The van der Waals surface area contributed by atoms with E-state index in [1.165, 1.54) is 12.1 Å². The summed E-state index contributed by atoms with van der Waals surface area (Å²) < 4.78 is 31.4. The normalized spacial score (nSPS) is 12.5. The van der Waals surface area contributed by atoms with Crippen LogP contribution in [-0.2, 0) is 24.3 Å². The van der Waals surface area contributed by atoms with Gasteiger partial charge in [0.2, 0.25) is 15.9 Å². The molecule has 9 heteroatoms. The van der Waals surface area contributed by atoms with E-state index in [2.05, 4.69) is 10.0 Å². The van der Waals surface area contributed by atoms with Crippen LogP contribution in [0.4, 0.5) is 0 Å². The molecular formula is C13H19N3O5S. The third-order valence-electron chi connectivity index (χ3n) is 2.61. The lowest BCUT2D eigenvalue weighted by Crippen LogP contribution is -2.49. The minimum absolute atomic E-state index is 0.00875. The van der Waals surface area contributed by atoms with E-state index in [-0.39, 0.29) is 24.6 Å². The van der Waals surface area contributed by atoms with Crippen LogP contribution in [0.1, 0.15) is 6.92 Å². The molecule has 1 amide bonds. The van der Waals surface area contributed by atoms with Crippen LogP contribution in [0.5, 0.6) is 0 Å². The van der Waals surface area contributed by atoms with Crippen molar-refractivity contribution < 1.29 is 22.7 Å². The van der Waals surface area contributed by atoms with E-state index in [1.54, 1.807) is 25.1 Å². The van der Waals surface area contributed by atoms with E-state index in [9.17, 15) is 18.0 Å². The fourth-order valence-corrected chi connectivity index (χ4v) is 2.76. The number of carbonyl (C=O) groups excluding carboxylic acids is 2. The maximum Gasteiger partial charge on any atom is 0.326 e. The van der Waals surface area contributed by atoms with Crippen molar-refractivity contribution in [1.29, 1.82) is 0 Å². The molecule has 0 bridgehead atoms. The molecule has 0 unspecified atom stereocenters. The van der Waals surface area contributed by atoms with Crippen LogP contribution in [0.2, 0.25) is 0 Å². The van der Waals surface area contributed by atoms with Crippen LogP contribution in [0.15, 0.2) is 35.2 Å². The van der Waals surface area contributed by atoms with Gasteiger partial charge in [0.25, 0.3) is 0 Å². The molecule has 0 aliphatic heterocycles. The second-order valence-corrected chi connectivity index (χ2v) is 5.96. The number of esters is 1. The second-order valence-electron chi connectivity index (χ2n) is 4.25. The van der Waals surface area contributed by atoms with Gasteiger partial charge in [-0.3, -0.25) is 9.59 Å². The molecule has 1 aromatic rings. The molecule has 0 aromatic heterocycles. The number of rotatable bonds is 8. The van der Waals surface area contributed by atoms with Crippen molar-refractivity contribution in [3.63, 3.8) is 0 Å². The first-order chi connectivity index (χ1) is 10.4. The molecule has 0 saturated carbocycles. The summed E-state index contributed by atoms with van der Waals surface area (Å²) in [5, 5.41) is 2.35. The van der Waals surface area contributed by atoms with Crippen molar-refractivity contribution in [3.8, 4) is 0 Å². The Bertz CT molecular complexity index is 603. The second kappa shape index (κ2) is 8.47. The van der Waals surface area contributed by atoms with Gasteiger partial charge in [0, 0.05) is 6.54 Å². The monoisotopic (exact) mass is 329 g/mol. The predicted molar refractivity (Wildman–Crippen MR) is 79.2 cm³/mol. The summed E-state index contributed by atoms with van der Waals surface area (Å²) >= 11 is 0. The predicted octanol–water partition coefficient (Wildman–Crippen LogP) is -1.03. The van der Waals surface area contributed by atoms with Crippen LogP contribution in [-0.4, -0.2) is 46.0 Å². The van der Waals surface area contributed by atoms with Crippen LogP contribution in [0, 0.1) is 0 Å². The molecule has 0 aliphatic carbocycles. The Labute approximate surface area is 129 Å². The summed E-state index contributed by atoms with van der Waals surface area (Å²) in [5.41, 5.74) is 5.14. The summed E-state index contributed by atoms with van der Waals surface area (Å²) in [6.07, 6.45) is 0. The zero-order chi connectivity index (χ0) is 16.6. The highest BCUT2D eigenvalue weighted by Crippen LogP contribution is 2.08. The standard InChI is InChI=1S/C13H19N3O5S/c1-2-21-13(18)11(9-15-12(17)8-14)16-22(19,20)10-6-4-3-5-7-10/h3-7,11,16H,2,8-9,14H2,1H3,(H,15,17)/t11-/m0/s1.